The van der Waals surface area contributed by atoms with E-state index in [4.69, 9.17) is 51.8 Å². The molecule has 0 aliphatic heterocycles. The Kier molecular flexibility index (Phi) is 9.54. The van der Waals surface area contributed by atoms with Crippen LogP contribution in [0.3, 0.4) is 0 Å². The number of esters is 1. The number of nitrogens with one attached hydrogen (secondary N) is 3. The second kappa shape index (κ2) is 11.6. The molecule has 0 bridgehead atoms. The molecule has 0 fully saturated rings. The molecule has 2 rings (SSSR count). The first-order valence-corrected chi connectivity index (χ1v) is 10.9. The van der Waals surface area contributed by atoms with Crippen LogP contribution in [0.4, 0.5) is 5.69 Å². The van der Waals surface area contributed by atoms with E-state index in [0.29, 0.717) is 16.8 Å². The maximum atomic E-state index is 11.9. The van der Waals surface area contributed by atoms with Gasteiger partial charge >= 0.3 is 5.97 Å². The number of thiophene rings is 1. The Bertz CT molecular complexity index is 915. The first-order chi connectivity index (χ1) is 14.2. The zero-order chi connectivity index (χ0) is 22.1. The summed E-state index contributed by atoms with van der Waals surface area (Å²) in [6, 6.07) is 10.4. The van der Waals surface area contributed by atoms with Crippen LogP contribution in [0.25, 0.3) is 6.08 Å². The topological polar surface area (TPSA) is 79.5 Å². The second-order valence-corrected chi connectivity index (χ2v) is 9.60. The number of anilines is 1. The van der Waals surface area contributed by atoms with Gasteiger partial charge < -0.3 is 15.4 Å². The molecule has 1 heterocycles. The van der Waals surface area contributed by atoms with Crippen LogP contribution in [-0.4, -0.2) is 41.0 Å². The van der Waals surface area contributed by atoms with Crippen LogP contribution in [0.2, 0.25) is 0 Å². The van der Waals surface area contributed by atoms with Crippen molar-refractivity contribution in [1.82, 2.24) is 10.6 Å². The van der Waals surface area contributed by atoms with Crippen molar-refractivity contribution in [3.8, 4) is 0 Å². The zero-order valence-corrected chi connectivity index (χ0v) is 19.6. The van der Waals surface area contributed by atoms with E-state index in [1.54, 1.807) is 30.3 Å². The number of benzene rings is 1. The predicted octanol–water partition coefficient (Wildman–Crippen LogP) is 4.39. The molecule has 30 heavy (non-hydrogen) atoms. The van der Waals surface area contributed by atoms with Gasteiger partial charge in [0.2, 0.25) is 3.79 Å². The number of thiocarbonyl (C=S) groups is 1. The van der Waals surface area contributed by atoms with E-state index in [1.807, 2.05) is 17.5 Å². The number of carbonyl (C=O) groups excluding carboxylic acids is 2. The van der Waals surface area contributed by atoms with Crippen LogP contribution in [0.1, 0.15) is 15.2 Å². The number of alkyl halides is 3. The molecular weight excluding hydrogens is 489 g/mol. The fourth-order valence-corrected chi connectivity index (χ4v) is 3.63. The third-order valence-corrected chi connectivity index (χ3v) is 5.41. The van der Waals surface area contributed by atoms with Crippen molar-refractivity contribution < 1.29 is 14.3 Å². The lowest BCUT2D eigenvalue weighted by Crippen LogP contribution is -2.54. The van der Waals surface area contributed by atoms with Gasteiger partial charge in [-0.2, -0.15) is 0 Å². The summed E-state index contributed by atoms with van der Waals surface area (Å²) in [7, 11) is 1.28. The number of carbonyl (C=O) groups is 2. The Morgan fingerprint density at radius 1 is 1.27 bits per heavy atom. The van der Waals surface area contributed by atoms with Crippen molar-refractivity contribution in [1.29, 1.82) is 0 Å². The summed E-state index contributed by atoms with van der Waals surface area (Å²) in [5.74, 6) is -0.522. The molecule has 1 aromatic carbocycles. The van der Waals surface area contributed by atoms with Crippen molar-refractivity contribution in [2.45, 2.75) is 9.96 Å². The molecule has 1 atom stereocenters. The highest BCUT2D eigenvalue weighted by Crippen LogP contribution is 2.29. The molecule has 0 aliphatic rings. The third kappa shape index (κ3) is 7.54. The largest absolute Gasteiger partial charge is 0.465 e. The number of halogens is 3. The highest BCUT2D eigenvalue weighted by atomic mass is 35.6. The van der Waals surface area contributed by atoms with Gasteiger partial charge in [-0.05, 0) is 41.9 Å². The molecule has 1 aromatic heterocycles. The van der Waals surface area contributed by atoms with Crippen LogP contribution in [0.15, 0.2) is 47.4 Å². The molecule has 2 aromatic rings. The molecule has 0 radical (unpaired) electrons. The summed E-state index contributed by atoms with van der Waals surface area (Å²) < 4.78 is 2.97. The Morgan fingerprint density at radius 2 is 2.00 bits per heavy atom. The Morgan fingerprint density at radius 3 is 2.60 bits per heavy atom. The third-order valence-electron chi connectivity index (χ3n) is 3.72. The minimum Gasteiger partial charge on any atom is -0.465 e. The molecule has 6 nitrogen and oxygen atoms in total. The van der Waals surface area contributed by atoms with E-state index in [2.05, 4.69) is 16.0 Å². The van der Waals surface area contributed by atoms with E-state index in [1.165, 1.54) is 18.4 Å². The molecule has 1 unspecified atom stereocenters. The number of para-hydroxylation sites is 1. The number of methoxy groups -OCH3 is 1. The molecule has 3 N–H and O–H groups in total. The van der Waals surface area contributed by atoms with Gasteiger partial charge in [0, 0.05) is 17.0 Å². The SMILES string of the molecule is COC(=O)c1ccccc1NC(=S)NC(NC/C(C=O)=C/c1cccs1)C(Cl)(Cl)Cl. The summed E-state index contributed by atoms with van der Waals surface area (Å²) in [4.78, 5) is 24.2. The summed E-state index contributed by atoms with van der Waals surface area (Å²) in [5, 5.41) is 10.7. The Hall–Kier alpha value is -1.68. The maximum Gasteiger partial charge on any atom is 0.339 e. The van der Waals surface area contributed by atoms with Crippen molar-refractivity contribution in [2.24, 2.45) is 0 Å². The fourth-order valence-electron chi connectivity index (χ4n) is 2.32. The van der Waals surface area contributed by atoms with Crippen molar-refractivity contribution in [3.63, 3.8) is 0 Å². The summed E-state index contributed by atoms with van der Waals surface area (Å²) in [6.45, 7) is 0.133. The minimum absolute atomic E-state index is 0.102. The van der Waals surface area contributed by atoms with Crippen LogP contribution in [0, 0.1) is 0 Å². The molecule has 160 valence electrons. The standard InChI is InChI=1S/C19H18Cl3N3O3S2/c1-28-16(27)14-6-2-3-7-15(14)24-18(29)25-17(19(20,21)22)23-10-12(11-26)9-13-5-4-8-30-13/h2-9,11,17,23H,10H2,1H3,(H2,24,25,29)/b12-9-. The van der Waals surface area contributed by atoms with Crippen LogP contribution in [0.5, 0.6) is 0 Å². The fraction of sp³-hybridized carbons (Fsp3) is 0.211. The van der Waals surface area contributed by atoms with E-state index >= 15 is 0 Å². The predicted molar refractivity (Wildman–Crippen MR) is 128 cm³/mol. The number of hydrogen-bond acceptors (Lipinski definition) is 6. The van der Waals surface area contributed by atoms with Gasteiger partial charge in [-0.25, -0.2) is 4.79 Å². The minimum atomic E-state index is -1.79. The molecule has 0 saturated carbocycles. The monoisotopic (exact) mass is 505 g/mol. The van der Waals surface area contributed by atoms with Gasteiger partial charge in [-0.3, -0.25) is 10.1 Å². The van der Waals surface area contributed by atoms with E-state index in [0.717, 1.165) is 11.2 Å². The first-order valence-electron chi connectivity index (χ1n) is 8.48. The highest BCUT2D eigenvalue weighted by Gasteiger charge is 2.33. The number of ether oxygens (including phenoxy) is 1. The van der Waals surface area contributed by atoms with Crippen LogP contribution in [-0.2, 0) is 9.53 Å². The maximum absolute atomic E-state index is 11.9. The van der Waals surface area contributed by atoms with Gasteiger partial charge in [0.05, 0.1) is 18.4 Å². The molecule has 11 heteroatoms. The molecule has 0 spiro atoms. The number of rotatable bonds is 8. The molecule has 0 aliphatic carbocycles. The van der Waals surface area contributed by atoms with Crippen LogP contribution >= 0.6 is 58.4 Å². The second-order valence-electron chi connectivity index (χ2n) is 5.84. The summed E-state index contributed by atoms with van der Waals surface area (Å²) >= 11 is 25.0. The van der Waals surface area contributed by atoms with Gasteiger partial charge in [-0.1, -0.05) is 53.0 Å². The highest BCUT2D eigenvalue weighted by molar-refractivity contribution is 7.80. The lowest BCUT2D eigenvalue weighted by atomic mass is 10.2. The quantitative estimate of drug-likeness (QED) is 0.122. The average Bonchev–Trinajstić information content (AvgIpc) is 3.22. The molecule has 0 amide bonds. The van der Waals surface area contributed by atoms with Gasteiger partial charge in [0.25, 0.3) is 0 Å². The smallest absolute Gasteiger partial charge is 0.339 e. The van der Waals surface area contributed by atoms with E-state index in [-0.39, 0.29) is 11.7 Å². The Labute approximate surface area is 198 Å². The van der Waals surface area contributed by atoms with E-state index < -0.39 is 15.9 Å². The van der Waals surface area contributed by atoms with Crippen LogP contribution < -0.4 is 16.0 Å². The summed E-state index contributed by atoms with van der Waals surface area (Å²) in [5.41, 5.74) is 1.19. The Balaban J connectivity index is 2.07. The number of hydrogen-bond donors (Lipinski definition) is 3. The zero-order valence-electron chi connectivity index (χ0n) is 15.7. The first kappa shape index (κ1) is 24.6. The molecular formula is C19H18Cl3N3O3S2. The van der Waals surface area contributed by atoms with E-state index in [9.17, 15) is 9.59 Å². The number of aldehydes is 1. The summed E-state index contributed by atoms with van der Waals surface area (Å²) in [6.07, 6.45) is 1.54. The lowest BCUT2D eigenvalue weighted by molar-refractivity contribution is -0.104. The average molecular weight is 507 g/mol. The van der Waals surface area contributed by atoms with Crippen molar-refractivity contribution in [3.05, 3.63) is 57.8 Å². The van der Waals surface area contributed by atoms with Crippen molar-refractivity contribution in [2.75, 3.05) is 19.0 Å². The molecule has 0 saturated heterocycles. The van der Waals surface area contributed by atoms with Gasteiger partial charge in [0.1, 0.15) is 12.5 Å². The lowest BCUT2D eigenvalue weighted by Gasteiger charge is -2.28. The van der Waals surface area contributed by atoms with Gasteiger partial charge in [0.15, 0.2) is 5.11 Å². The van der Waals surface area contributed by atoms with Gasteiger partial charge in [-0.15, -0.1) is 11.3 Å². The normalized spacial score (nSPS) is 12.7. The van der Waals surface area contributed by atoms with Crippen molar-refractivity contribution >= 4 is 87.5 Å².